The number of nitrogens with zero attached hydrogens (tertiary/aromatic N) is 2. The molecule has 3 nitrogen and oxygen atoms in total. The summed E-state index contributed by atoms with van der Waals surface area (Å²) in [6.07, 6.45) is 6.98. The number of ether oxygens (including phenoxy) is 1. The lowest BCUT2D eigenvalue weighted by Gasteiger charge is -2.27. The van der Waals surface area contributed by atoms with E-state index in [1.54, 1.807) is 6.20 Å². The molecule has 0 N–H and O–H groups in total. The summed E-state index contributed by atoms with van der Waals surface area (Å²) >= 11 is 0. The first-order valence-electron chi connectivity index (χ1n) is 4.65. The van der Waals surface area contributed by atoms with Gasteiger partial charge in [-0.15, -0.1) is 6.42 Å². The topological polar surface area (TPSA) is 25.4 Å². The van der Waals surface area contributed by atoms with E-state index in [1.807, 2.05) is 12.1 Å². The van der Waals surface area contributed by atoms with Crippen molar-refractivity contribution in [2.24, 2.45) is 0 Å². The fourth-order valence-electron chi connectivity index (χ4n) is 1.45. The Balaban J connectivity index is 2.12. The van der Waals surface area contributed by atoms with Crippen molar-refractivity contribution >= 4 is 5.82 Å². The number of pyridine rings is 1. The van der Waals surface area contributed by atoms with E-state index in [0.29, 0.717) is 0 Å². The highest BCUT2D eigenvalue weighted by Gasteiger charge is 2.11. The summed E-state index contributed by atoms with van der Waals surface area (Å²) in [4.78, 5) is 6.50. The van der Waals surface area contributed by atoms with Crippen LogP contribution < -0.4 is 4.90 Å². The largest absolute Gasteiger partial charge is 0.378 e. The second-order valence-corrected chi connectivity index (χ2v) is 3.15. The van der Waals surface area contributed by atoms with Crippen molar-refractivity contribution in [3.05, 3.63) is 23.9 Å². The van der Waals surface area contributed by atoms with Gasteiger partial charge in [-0.2, -0.15) is 0 Å². The van der Waals surface area contributed by atoms with E-state index < -0.39 is 0 Å². The van der Waals surface area contributed by atoms with Crippen LogP contribution in [0.4, 0.5) is 5.82 Å². The molecule has 1 aliphatic heterocycles. The zero-order chi connectivity index (χ0) is 9.80. The highest BCUT2D eigenvalue weighted by atomic mass is 16.5. The number of hydrogen-bond acceptors (Lipinski definition) is 3. The van der Waals surface area contributed by atoms with Gasteiger partial charge in [-0.1, -0.05) is 5.92 Å². The number of terminal acetylenes is 1. The Morgan fingerprint density at radius 2 is 2.14 bits per heavy atom. The van der Waals surface area contributed by atoms with Gasteiger partial charge >= 0.3 is 0 Å². The molecular formula is C11H12N2O. The normalized spacial score (nSPS) is 16.4. The van der Waals surface area contributed by atoms with Crippen molar-refractivity contribution in [3.63, 3.8) is 0 Å². The lowest BCUT2D eigenvalue weighted by Crippen LogP contribution is -2.36. The van der Waals surface area contributed by atoms with Gasteiger partial charge in [0.25, 0.3) is 0 Å². The van der Waals surface area contributed by atoms with Crippen LogP contribution in [0.1, 0.15) is 5.56 Å². The minimum absolute atomic E-state index is 0.776. The Morgan fingerprint density at radius 3 is 2.71 bits per heavy atom. The zero-order valence-electron chi connectivity index (χ0n) is 7.94. The fraction of sp³-hybridized carbons (Fsp3) is 0.364. The third-order valence-corrected chi connectivity index (χ3v) is 2.25. The van der Waals surface area contributed by atoms with Crippen molar-refractivity contribution in [1.29, 1.82) is 0 Å². The predicted molar refractivity (Wildman–Crippen MR) is 55.2 cm³/mol. The van der Waals surface area contributed by atoms with Crippen molar-refractivity contribution in [2.75, 3.05) is 31.2 Å². The molecule has 0 spiro atoms. The van der Waals surface area contributed by atoms with Gasteiger partial charge in [0.1, 0.15) is 5.82 Å². The maximum absolute atomic E-state index is 5.26. The number of hydrogen-bond donors (Lipinski definition) is 0. The van der Waals surface area contributed by atoms with E-state index in [0.717, 1.165) is 37.7 Å². The van der Waals surface area contributed by atoms with E-state index in [4.69, 9.17) is 11.2 Å². The SMILES string of the molecule is C#Cc1ccc(N2CCOCC2)nc1. The van der Waals surface area contributed by atoms with E-state index in [2.05, 4.69) is 15.8 Å². The van der Waals surface area contributed by atoms with Gasteiger partial charge in [0, 0.05) is 24.8 Å². The Bertz CT molecular complexity index is 333. The lowest BCUT2D eigenvalue weighted by atomic mass is 10.3. The molecule has 0 unspecified atom stereocenters. The first kappa shape index (κ1) is 9.04. The van der Waals surface area contributed by atoms with E-state index >= 15 is 0 Å². The van der Waals surface area contributed by atoms with Gasteiger partial charge < -0.3 is 9.64 Å². The number of rotatable bonds is 1. The predicted octanol–water partition coefficient (Wildman–Crippen LogP) is 0.900. The summed E-state index contributed by atoms with van der Waals surface area (Å²) in [5, 5.41) is 0. The maximum Gasteiger partial charge on any atom is 0.128 e. The van der Waals surface area contributed by atoms with Crippen LogP contribution in [0.15, 0.2) is 18.3 Å². The van der Waals surface area contributed by atoms with Gasteiger partial charge in [0.05, 0.1) is 13.2 Å². The maximum atomic E-state index is 5.26. The molecule has 1 fully saturated rings. The molecule has 0 aliphatic carbocycles. The quantitative estimate of drug-likeness (QED) is 0.612. The summed E-state index contributed by atoms with van der Waals surface area (Å²) in [7, 11) is 0. The third kappa shape index (κ3) is 1.86. The standard InChI is InChI=1S/C11H12N2O/c1-2-10-3-4-11(12-9-10)13-5-7-14-8-6-13/h1,3-4,9H,5-8H2. The number of morpholine rings is 1. The summed E-state index contributed by atoms with van der Waals surface area (Å²) in [5.74, 6) is 3.53. The molecule has 1 aliphatic rings. The molecule has 0 saturated carbocycles. The molecule has 2 heterocycles. The molecule has 0 atom stereocenters. The molecule has 1 aromatic heterocycles. The van der Waals surface area contributed by atoms with Crippen molar-refractivity contribution < 1.29 is 4.74 Å². The van der Waals surface area contributed by atoms with Crippen LogP contribution >= 0.6 is 0 Å². The second-order valence-electron chi connectivity index (χ2n) is 3.15. The highest BCUT2D eigenvalue weighted by molar-refractivity contribution is 5.42. The van der Waals surface area contributed by atoms with Gasteiger partial charge in [0.15, 0.2) is 0 Å². The molecule has 0 aromatic carbocycles. The van der Waals surface area contributed by atoms with E-state index in [-0.39, 0.29) is 0 Å². The van der Waals surface area contributed by atoms with Crippen LogP contribution in [0.5, 0.6) is 0 Å². The van der Waals surface area contributed by atoms with Crippen LogP contribution in [0.3, 0.4) is 0 Å². The minimum Gasteiger partial charge on any atom is -0.378 e. The van der Waals surface area contributed by atoms with Crippen LogP contribution in [-0.2, 0) is 4.74 Å². The van der Waals surface area contributed by atoms with Crippen molar-refractivity contribution in [3.8, 4) is 12.3 Å². The molecule has 72 valence electrons. The molecule has 1 saturated heterocycles. The molecule has 14 heavy (non-hydrogen) atoms. The van der Waals surface area contributed by atoms with Gasteiger partial charge in [-0.25, -0.2) is 4.98 Å². The summed E-state index contributed by atoms with van der Waals surface area (Å²) in [5.41, 5.74) is 0.821. The summed E-state index contributed by atoms with van der Waals surface area (Å²) in [6, 6.07) is 3.87. The Kier molecular flexibility index (Phi) is 2.66. The first-order chi connectivity index (χ1) is 6.90. The molecule has 3 heteroatoms. The molecule has 0 radical (unpaired) electrons. The summed E-state index contributed by atoms with van der Waals surface area (Å²) in [6.45, 7) is 3.36. The Morgan fingerprint density at radius 1 is 1.36 bits per heavy atom. The average Bonchev–Trinajstić information content (AvgIpc) is 2.30. The van der Waals surface area contributed by atoms with E-state index in [9.17, 15) is 0 Å². The Labute approximate surface area is 83.7 Å². The van der Waals surface area contributed by atoms with Crippen molar-refractivity contribution in [1.82, 2.24) is 4.98 Å². The van der Waals surface area contributed by atoms with Crippen molar-refractivity contribution in [2.45, 2.75) is 0 Å². The molecule has 0 amide bonds. The van der Waals surface area contributed by atoms with Crippen LogP contribution in [0.2, 0.25) is 0 Å². The molecule has 2 rings (SSSR count). The average molecular weight is 188 g/mol. The highest BCUT2D eigenvalue weighted by Crippen LogP contribution is 2.12. The van der Waals surface area contributed by atoms with Gasteiger partial charge in [0.2, 0.25) is 0 Å². The monoisotopic (exact) mass is 188 g/mol. The van der Waals surface area contributed by atoms with Crippen LogP contribution in [-0.4, -0.2) is 31.3 Å². The van der Waals surface area contributed by atoms with Gasteiger partial charge in [-0.3, -0.25) is 0 Å². The Hall–Kier alpha value is -1.53. The van der Waals surface area contributed by atoms with Crippen LogP contribution in [0, 0.1) is 12.3 Å². The zero-order valence-corrected chi connectivity index (χ0v) is 7.94. The fourth-order valence-corrected chi connectivity index (χ4v) is 1.45. The second kappa shape index (κ2) is 4.12. The molecule has 1 aromatic rings. The molecular weight excluding hydrogens is 176 g/mol. The van der Waals surface area contributed by atoms with E-state index in [1.165, 1.54) is 0 Å². The third-order valence-electron chi connectivity index (χ3n) is 2.25. The summed E-state index contributed by atoms with van der Waals surface area (Å²) < 4.78 is 5.26. The van der Waals surface area contributed by atoms with Crippen LogP contribution in [0.25, 0.3) is 0 Å². The minimum atomic E-state index is 0.776. The number of anilines is 1. The smallest absolute Gasteiger partial charge is 0.128 e. The first-order valence-corrected chi connectivity index (χ1v) is 4.65. The number of aromatic nitrogens is 1. The lowest BCUT2D eigenvalue weighted by molar-refractivity contribution is 0.122. The van der Waals surface area contributed by atoms with Gasteiger partial charge in [-0.05, 0) is 12.1 Å². The molecule has 0 bridgehead atoms.